The van der Waals surface area contributed by atoms with Crippen molar-refractivity contribution in [3.8, 4) is 39.3 Å². The molecule has 57 heavy (non-hydrogen) atoms. The van der Waals surface area contributed by atoms with E-state index < -0.39 is 166 Å². The van der Waals surface area contributed by atoms with E-state index in [9.17, 15) is 16.4 Å². The van der Waals surface area contributed by atoms with E-state index in [2.05, 4.69) is 0 Å². The van der Waals surface area contributed by atoms with Crippen molar-refractivity contribution in [2.24, 2.45) is 0 Å². The van der Waals surface area contributed by atoms with Crippen LogP contribution in [0.1, 0.15) is 28.8 Å². The topological polar surface area (TPSA) is 14.8 Å². The van der Waals surface area contributed by atoms with Gasteiger partial charge in [0.15, 0.2) is 0 Å². The summed E-state index contributed by atoms with van der Waals surface area (Å²) < 4.78 is 198. The predicted octanol–water partition coefficient (Wildman–Crippen LogP) is 14.3. The largest absolute Gasteiger partial charge is 0.307 e. The minimum atomic E-state index is -0.865. The lowest BCUT2D eigenvalue weighted by Gasteiger charge is -2.17. The molecule has 12 aromatic rings. The average molecular weight is 747 g/mol. The number of hydrogen-bond donors (Lipinski definition) is 0. The zero-order valence-electron chi connectivity index (χ0n) is 50.4. The minimum Gasteiger partial charge on any atom is -0.307 e. The molecule has 0 aliphatic heterocycles. The van der Waals surface area contributed by atoms with Crippen molar-refractivity contribution in [1.82, 2.24) is 13.7 Å². The van der Waals surface area contributed by atoms with Crippen LogP contribution in [0.25, 0.3) is 105 Å². The van der Waals surface area contributed by atoms with E-state index in [1.54, 1.807) is 24.3 Å². The Morgan fingerprint density at radius 1 is 0.298 bits per heavy atom. The van der Waals surface area contributed by atoms with Crippen LogP contribution < -0.4 is 0 Å². The lowest BCUT2D eigenvalue weighted by atomic mass is 9.99. The SMILES string of the molecule is [2H]c1cc2c3c([2H])c([2H])c([2H])c([2H])c3n(-c3c([2H])c([2H])c([2H])c4c5c([2H])c([2H])c([2H])c([2H])c5n(-c5c([2H])c([2H])c([2H])c6c7c([2H])c([2H])c([2H])c([2H])c7n(-c7cccc(-c8cccc(-c9ccccc9)c8)c7)c56)c34)c2c([2H])c1[2H]. The molecular formula is C54H35N3. The summed E-state index contributed by atoms with van der Waals surface area (Å²) in [6.45, 7) is 0. The summed E-state index contributed by atoms with van der Waals surface area (Å²) in [5, 5.41) is -1.90. The van der Waals surface area contributed by atoms with Crippen LogP contribution in [0.15, 0.2) is 212 Å². The number of fused-ring (bicyclic) bond motifs is 9. The van der Waals surface area contributed by atoms with Gasteiger partial charge in [-0.1, -0.05) is 157 Å². The molecule has 0 bridgehead atoms. The molecule has 0 N–H and O–H groups in total. The van der Waals surface area contributed by atoms with Crippen molar-refractivity contribution in [2.45, 2.75) is 0 Å². The van der Waals surface area contributed by atoms with Crippen molar-refractivity contribution in [1.29, 1.82) is 0 Å². The molecule has 0 aliphatic carbocycles. The van der Waals surface area contributed by atoms with Crippen molar-refractivity contribution in [2.75, 3.05) is 0 Å². The van der Waals surface area contributed by atoms with Gasteiger partial charge in [-0.05, 0) is 76.7 Å². The quantitative estimate of drug-likeness (QED) is 0.167. The van der Waals surface area contributed by atoms with Gasteiger partial charge in [-0.15, -0.1) is 0 Å². The first-order valence-electron chi connectivity index (χ1n) is 28.4. The summed E-state index contributed by atoms with van der Waals surface area (Å²) in [7, 11) is 0. The summed E-state index contributed by atoms with van der Waals surface area (Å²) in [6, 6.07) is 9.66. The molecule has 3 heterocycles. The maximum Gasteiger partial charge on any atom is 0.0783 e. The predicted molar refractivity (Wildman–Crippen MR) is 240 cm³/mol. The van der Waals surface area contributed by atoms with E-state index >= 15 is 0 Å². The number of nitrogens with zero attached hydrogens (tertiary/aromatic N) is 3. The number of benzene rings is 9. The van der Waals surface area contributed by atoms with E-state index in [1.165, 1.54) is 4.57 Å². The Balaban J connectivity index is 1.37. The smallest absolute Gasteiger partial charge is 0.0783 e. The van der Waals surface area contributed by atoms with Gasteiger partial charge in [0.05, 0.1) is 73.3 Å². The van der Waals surface area contributed by atoms with Gasteiger partial charge in [-0.2, -0.15) is 0 Å². The molecule has 0 amide bonds. The monoisotopic (exact) mass is 746 g/mol. The van der Waals surface area contributed by atoms with Gasteiger partial charge in [0.25, 0.3) is 0 Å². The molecule has 266 valence electrons. The van der Waals surface area contributed by atoms with Gasteiger partial charge in [0.1, 0.15) is 0 Å². The second-order valence-corrected chi connectivity index (χ2v) is 13.4. The molecule has 9 aromatic carbocycles. The normalized spacial score (nSPS) is 17.0. The third kappa shape index (κ3) is 4.73. The van der Waals surface area contributed by atoms with Gasteiger partial charge >= 0.3 is 0 Å². The first kappa shape index (κ1) is 17.5. The highest BCUT2D eigenvalue weighted by Gasteiger charge is 2.23. The summed E-state index contributed by atoms with van der Waals surface area (Å²) in [4.78, 5) is 0. The van der Waals surface area contributed by atoms with Gasteiger partial charge in [0, 0.05) is 38.0 Å². The molecule has 12 rings (SSSR count). The molecule has 3 nitrogen and oxygen atoms in total. The fourth-order valence-electron chi connectivity index (χ4n) is 7.96. The fourth-order valence-corrected chi connectivity index (χ4v) is 7.96. The van der Waals surface area contributed by atoms with Crippen molar-refractivity contribution < 1.29 is 28.8 Å². The maximum absolute atomic E-state index is 10.0. The Labute approximate surface area is 359 Å². The lowest BCUT2D eigenvalue weighted by Crippen LogP contribution is -2.03. The third-order valence-corrected chi connectivity index (χ3v) is 10.4. The molecule has 0 aliphatic rings. The lowest BCUT2D eigenvalue weighted by molar-refractivity contribution is 1.11. The summed E-state index contributed by atoms with van der Waals surface area (Å²) in [5.41, 5.74) is -0.119. The summed E-state index contributed by atoms with van der Waals surface area (Å²) >= 11 is 0. The Morgan fingerprint density at radius 3 is 1.44 bits per heavy atom. The standard InChI is InChI=1S/C54H35N3/c1-2-16-36(17-3-1)37-18-12-19-38(34-37)39-20-13-21-40(35-39)55-47-28-8-6-24-43(47)45-26-15-33-52(53(45)55)57-50-31-11-7-25-44(50)46-27-14-32-51(54(46)57)56-48-29-9-4-22-41(48)42-23-5-10-30-49(42)56/h1-35H/i4D,5D,6D,7D,8D,9D,10D,11D,14D,15D,22D,24D,25D,26D,27D,28D,29D,30D,31D,32D,33D. The Bertz CT molecular complexity index is 4750. The molecule has 0 spiro atoms. The first-order valence-corrected chi connectivity index (χ1v) is 17.9. The highest BCUT2D eigenvalue weighted by atomic mass is 15.1. The zero-order valence-corrected chi connectivity index (χ0v) is 29.4. The second-order valence-electron chi connectivity index (χ2n) is 13.4. The minimum absolute atomic E-state index is 0.155. The van der Waals surface area contributed by atoms with Crippen LogP contribution >= 0.6 is 0 Å². The molecule has 0 unspecified atom stereocenters. The van der Waals surface area contributed by atoms with Crippen molar-refractivity contribution >= 4 is 65.4 Å². The van der Waals surface area contributed by atoms with Crippen LogP contribution in [-0.4, -0.2) is 13.7 Å². The van der Waals surface area contributed by atoms with Gasteiger partial charge in [-0.25, -0.2) is 0 Å². The third-order valence-electron chi connectivity index (χ3n) is 10.4. The van der Waals surface area contributed by atoms with Crippen LogP contribution in [0, 0.1) is 0 Å². The van der Waals surface area contributed by atoms with E-state index in [-0.39, 0.29) is 43.8 Å². The van der Waals surface area contributed by atoms with E-state index in [4.69, 9.17) is 12.3 Å². The highest BCUT2D eigenvalue weighted by molar-refractivity contribution is 6.17. The van der Waals surface area contributed by atoms with Gasteiger partial charge < -0.3 is 13.7 Å². The molecular weight excluding hydrogens is 691 g/mol. The Morgan fingerprint density at radius 2 is 0.754 bits per heavy atom. The number of hydrogen-bond acceptors (Lipinski definition) is 0. The van der Waals surface area contributed by atoms with Crippen LogP contribution in [0.2, 0.25) is 0 Å². The van der Waals surface area contributed by atoms with E-state index in [0.29, 0.717) is 11.1 Å². The van der Waals surface area contributed by atoms with E-state index in [0.717, 1.165) is 26.3 Å². The molecule has 0 fully saturated rings. The maximum atomic E-state index is 10.0. The van der Waals surface area contributed by atoms with Gasteiger partial charge in [-0.3, -0.25) is 0 Å². The molecule has 0 radical (unpaired) electrons. The van der Waals surface area contributed by atoms with Crippen LogP contribution in [0.3, 0.4) is 0 Å². The summed E-state index contributed by atoms with van der Waals surface area (Å²) in [6.07, 6.45) is 0. The van der Waals surface area contributed by atoms with Crippen molar-refractivity contribution in [3.63, 3.8) is 0 Å². The number of rotatable bonds is 5. The Hall–Kier alpha value is -7.62. The molecule has 0 saturated heterocycles. The molecule has 3 aromatic heterocycles. The van der Waals surface area contributed by atoms with Gasteiger partial charge in [0.2, 0.25) is 0 Å². The first-order chi connectivity index (χ1) is 37.0. The highest BCUT2D eigenvalue weighted by Crippen LogP contribution is 2.43. The fraction of sp³-hybridized carbons (Fsp3) is 0. The zero-order chi connectivity index (χ0) is 55.7. The van der Waals surface area contributed by atoms with Crippen molar-refractivity contribution in [3.05, 3.63) is 212 Å². The second kappa shape index (κ2) is 12.5. The molecule has 3 heteroatoms. The summed E-state index contributed by atoms with van der Waals surface area (Å²) in [5.74, 6) is 0. The molecule has 0 atom stereocenters. The molecule has 0 saturated carbocycles. The number of aromatic nitrogens is 3. The average Bonchev–Trinajstić information content (AvgIpc) is 3.98. The van der Waals surface area contributed by atoms with Crippen LogP contribution in [-0.2, 0) is 0 Å². The van der Waals surface area contributed by atoms with Crippen LogP contribution in [0.4, 0.5) is 0 Å². The van der Waals surface area contributed by atoms with Crippen LogP contribution in [0.5, 0.6) is 0 Å². The van der Waals surface area contributed by atoms with E-state index in [1.807, 2.05) is 54.6 Å². The Kier molecular flexibility index (Phi) is 3.81. The number of para-hydroxylation sites is 6.